The third-order valence-corrected chi connectivity index (χ3v) is 3.35. The second kappa shape index (κ2) is 5.52. The van der Waals surface area contributed by atoms with Gasteiger partial charge in [0.1, 0.15) is 5.75 Å². The van der Waals surface area contributed by atoms with Crippen molar-refractivity contribution >= 4 is 0 Å². The van der Waals surface area contributed by atoms with Crippen molar-refractivity contribution in [3.8, 4) is 5.75 Å². The molecular formula is C14H22N2O. The highest BCUT2D eigenvalue weighted by atomic mass is 16.5. The molecule has 2 rings (SSSR count). The second-order valence-corrected chi connectivity index (χ2v) is 4.83. The Morgan fingerprint density at radius 2 is 1.94 bits per heavy atom. The zero-order valence-electron chi connectivity index (χ0n) is 10.9. The lowest BCUT2D eigenvalue weighted by molar-refractivity contribution is 0.161. The van der Waals surface area contributed by atoms with Gasteiger partial charge in [0.25, 0.3) is 0 Å². The van der Waals surface area contributed by atoms with Crippen LogP contribution in [0.2, 0.25) is 0 Å². The summed E-state index contributed by atoms with van der Waals surface area (Å²) in [6, 6.07) is 9.03. The number of ether oxygens (including phenoxy) is 1. The topological polar surface area (TPSA) is 24.5 Å². The fraction of sp³-hybridized carbons (Fsp3) is 0.571. The molecule has 0 bridgehead atoms. The van der Waals surface area contributed by atoms with Gasteiger partial charge in [-0.25, -0.2) is 0 Å². The predicted molar refractivity (Wildman–Crippen MR) is 70.4 cm³/mol. The zero-order valence-corrected chi connectivity index (χ0v) is 10.9. The van der Waals surface area contributed by atoms with E-state index in [1.807, 2.05) is 6.92 Å². The standard InChI is InChI=1S/C14H22N2O/c1-4-17-13-7-5-11(6-8-13)14(16(2)3)12-9-15-10-12/h5-8,12,14-15H,4,9-10H2,1-3H3. The fourth-order valence-corrected chi connectivity index (χ4v) is 2.45. The molecular weight excluding hydrogens is 212 g/mol. The van der Waals surface area contributed by atoms with Gasteiger partial charge in [-0.3, -0.25) is 0 Å². The molecule has 1 aliphatic rings. The number of benzene rings is 1. The van der Waals surface area contributed by atoms with Gasteiger partial charge in [-0.05, 0) is 38.7 Å². The highest BCUT2D eigenvalue weighted by Gasteiger charge is 2.29. The van der Waals surface area contributed by atoms with E-state index < -0.39 is 0 Å². The monoisotopic (exact) mass is 234 g/mol. The fourth-order valence-electron chi connectivity index (χ4n) is 2.45. The molecule has 1 aromatic rings. The number of nitrogens with one attached hydrogen (secondary N) is 1. The molecule has 1 heterocycles. The van der Waals surface area contributed by atoms with Gasteiger partial charge < -0.3 is 15.0 Å². The van der Waals surface area contributed by atoms with Gasteiger partial charge in [0.05, 0.1) is 6.61 Å². The molecule has 1 N–H and O–H groups in total. The largest absolute Gasteiger partial charge is 0.494 e. The molecule has 1 aliphatic heterocycles. The first-order valence-corrected chi connectivity index (χ1v) is 6.32. The third-order valence-electron chi connectivity index (χ3n) is 3.35. The predicted octanol–water partition coefficient (Wildman–Crippen LogP) is 1.91. The lowest BCUT2D eigenvalue weighted by Gasteiger charge is -2.38. The van der Waals surface area contributed by atoms with E-state index in [0.29, 0.717) is 6.04 Å². The van der Waals surface area contributed by atoms with E-state index in [0.717, 1.165) is 31.4 Å². The SMILES string of the molecule is CCOc1ccc(C(C2CNC2)N(C)C)cc1. The number of rotatable bonds is 5. The number of hydrogen-bond donors (Lipinski definition) is 1. The van der Waals surface area contributed by atoms with Crippen molar-refractivity contribution in [1.29, 1.82) is 0 Å². The Morgan fingerprint density at radius 1 is 1.29 bits per heavy atom. The Bertz CT molecular complexity index is 344. The van der Waals surface area contributed by atoms with E-state index in [1.54, 1.807) is 0 Å². The number of nitrogens with zero attached hydrogens (tertiary/aromatic N) is 1. The van der Waals surface area contributed by atoms with Crippen molar-refractivity contribution < 1.29 is 4.74 Å². The van der Waals surface area contributed by atoms with E-state index in [1.165, 1.54) is 5.56 Å². The van der Waals surface area contributed by atoms with Gasteiger partial charge in [0.2, 0.25) is 0 Å². The van der Waals surface area contributed by atoms with E-state index >= 15 is 0 Å². The van der Waals surface area contributed by atoms with Gasteiger partial charge in [0, 0.05) is 25.0 Å². The smallest absolute Gasteiger partial charge is 0.119 e. The number of hydrogen-bond acceptors (Lipinski definition) is 3. The summed E-state index contributed by atoms with van der Waals surface area (Å²) in [5.41, 5.74) is 1.38. The van der Waals surface area contributed by atoms with Gasteiger partial charge in [-0.15, -0.1) is 0 Å². The van der Waals surface area contributed by atoms with Crippen LogP contribution in [0.15, 0.2) is 24.3 Å². The van der Waals surface area contributed by atoms with Crippen molar-refractivity contribution in [1.82, 2.24) is 10.2 Å². The van der Waals surface area contributed by atoms with Gasteiger partial charge in [-0.1, -0.05) is 12.1 Å². The Kier molecular flexibility index (Phi) is 4.02. The molecule has 3 nitrogen and oxygen atoms in total. The summed E-state index contributed by atoms with van der Waals surface area (Å²) in [6.45, 7) is 4.98. The highest BCUT2D eigenvalue weighted by Crippen LogP contribution is 2.30. The van der Waals surface area contributed by atoms with Crippen LogP contribution in [0.4, 0.5) is 0 Å². The van der Waals surface area contributed by atoms with Gasteiger partial charge >= 0.3 is 0 Å². The van der Waals surface area contributed by atoms with Crippen LogP contribution in [0.3, 0.4) is 0 Å². The van der Waals surface area contributed by atoms with Crippen LogP contribution in [0, 0.1) is 5.92 Å². The Hall–Kier alpha value is -1.06. The maximum Gasteiger partial charge on any atom is 0.119 e. The summed E-state index contributed by atoms with van der Waals surface area (Å²) in [7, 11) is 4.30. The van der Waals surface area contributed by atoms with Crippen molar-refractivity contribution in [2.75, 3.05) is 33.8 Å². The summed E-state index contributed by atoms with van der Waals surface area (Å²) in [4.78, 5) is 2.31. The lowest BCUT2D eigenvalue weighted by atomic mass is 9.88. The van der Waals surface area contributed by atoms with Crippen LogP contribution >= 0.6 is 0 Å². The average Bonchev–Trinajstić information content (AvgIpc) is 2.24. The average molecular weight is 234 g/mol. The van der Waals surface area contributed by atoms with Crippen LogP contribution in [0.25, 0.3) is 0 Å². The van der Waals surface area contributed by atoms with Crippen LogP contribution in [-0.4, -0.2) is 38.7 Å². The molecule has 1 saturated heterocycles. The third kappa shape index (κ3) is 2.79. The summed E-state index contributed by atoms with van der Waals surface area (Å²) < 4.78 is 5.48. The summed E-state index contributed by atoms with van der Waals surface area (Å²) in [5.74, 6) is 1.68. The minimum Gasteiger partial charge on any atom is -0.494 e. The van der Waals surface area contributed by atoms with Crippen LogP contribution in [0.5, 0.6) is 5.75 Å². The van der Waals surface area contributed by atoms with Crippen molar-refractivity contribution in [3.05, 3.63) is 29.8 Å². The Morgan fingerprint density at radius 3 is 2.35 bits per heavy atom. The Balaban J connectivity index is 2.12. The molecule has 0 aliphatic carbocycles. The van der Waals surface area contributed by atoms with Gasteiger partial charge in [0.15, 0.2) is 0 Å². The molecule has 94 valence electrons. The normalized spacial score (nSPS) is 17.9. The van der Waals surface area contributed by atoms with Crippen molar-refractivity contribution in [2.45, 2.75) is 13.0 Å². The highest BCUT2D eigenvalue weighted by molar-refractivity contribution is 5.30. The summed E-state index contributed by atoms with van der Waals surface area (Å²) >= 11 is 0. The molecule has 0 amide bonds. The molecule has 0 aromatic heterocycles. The maximum absolute atomic E-state index is 5.48. The van der Waals surface area contributed by atoms with E-state index in [2.05, 4.69) is 48.6 Å². The van der Waals surface area contributed by atoms with Crippen LogP contribution in [-0.2, 0) is 0 Å². The molecule has 1 atom stereocenters. The lowest BCUT2D eigenvalue weighted by Crippen LogP contribution is -2.48. The molecule has 1 aromatic carbocycles. The van der Waals surface area contributed by atoms with Crippen molar-refractivity contribution in [2.24, 2.45) is 5.92 Å². The summed E-state index contributed by atoms with van der Waals surface area (Å²) in [5, 5.41) is 3.35. The quantitative estimate of drug-likeness (QED) is 0.842. The van der Waals surface area contributed by atoms with E-state index in [9.17, 15) is 0 Å². The molecule has 17 heavy (non-hydrogen) atoms. The second-order valence-electron chi connectivity index (χ2n) is 4.83. The Labute approximate surface area is 104 Å². The van der Waals surface area contributed by atoms with Gasteiger partial charge in [-0.2, -0.15) is 0 Å². The summed E-state index contributed by atoms with van der Waals surface area (Å²) in [6.07, 6.45) is 0. The molecule has 0 saturated carbocycles. The van der Waals surface area contributed by atoms with Crippen molar-refractivity contribution in [3.63, 3.8) is 0 Å². The first-order valence-electron chi connectivity index (χ1n) is 6.32. The molecule has 1 fully saturated rings. The van der Waals surface area contributed by atoms with Crippen LogP contribution < -0.4 is 10.1 Å². The minimum absolute atomic E-state index is 0.506. The van der Waals surface area contributed by atoms with E-state index in [4.69, 9.17) is 4.74 Å². The molecule has 3 heteroatoms. The van der Waals surface area contributed by atoms with Crippen LogP contribution in [0.1, 0.15) is 18.5 Å². The maximum atomic E-state index is 5.48. The first kappa shape index (κ1) is 12.4. The molecule has 0 spiro atoms. The first-order chi connectivity index (χ1) is 8.22. The molecule has 0 radical (unpaired) electrons. The molecule has 1 unspecified atom stereocenters. The minimum atomic E-state index is 0.506. The zero-order chi connectivity index (χ0) is 12.3. The van der Waals surface area contributed by atoms with E-state index in [-0.39, 0.29) is 0 Å².